The summed E-state index contributed by atoms with van der Waals surface area (Å²) in [7, 11) is 0. The molecule has 0 saturated heterocycles. The summed E-state index contributed by atoms with van der Waals surface area (Å²) in [6, 6.07) is 0. The Morgan fingerprint density at radius 1 is 1.00 bits per heavy atom. The van der Waals surface area contributed by atoms with Crippen molar-refractivity contribution >= 4 is 11.9 Å². The molecule has 116 valence electrons. The van der Waals surface area contributed by atoms with Gasteiger partial charge in [0.1, 0.15) is 0 Å². The zero-order valence-corrected chi connectivity index (χ0v) is 11.6. The first-order chi connectivity index (χ1) is 9.26. The molecule has 7 nitrogen and oxygen atoms in total. The molecular formula is C13H22O7. The van der Waals surface area contributed by atoms with Gasteiger partial charge in [-0.05, 0) is 26.7 Å². The number of aliphatic hydroxyl groups excluding tert-OH is 3. The number of carboxylic acids is 2. The molecule has 20 heavy (non-hydrogen) atoms. The van der Waals surface area contributed by atoms with E-state index in [1.165, 1.54) is 26.0 Å². The number of carboxylic acid groups (broad SMARTS) is 2. The average molecular weight is 290 g/mol. The largest absolute Gasteiger partial charge is 0.478 e. The smallest absolute Gasteiger partial charge is 0.330 e. The van der Waals surface area contributed by atoms with Gasteiger partial charge in [0.05, 0.1) is 12.7 Å². The molecule has 0 radical (unpaired) electrons. The maximum Gasteiger partial charge on any atom is 0.330 e. The van der Waals surface area contributed by atoms with Crippen molar-refractivity contribution < 1.29 is 35.1 Å². The Morgan fingerprint density at radius 2 is 1.45 bits per heavy atom. The fraction of sp³-hybridized carbons (Fsp3) is 0.538. The zero-order valence-electron chi connectivity index (χ0n) is 11.6. The second-order valence-electron chi connectivity index (χ2n) is 3.97. The van der Waals surface area contributed by atoms with Gasteiger partial charge in [0.2, 0.25) is 0 Å². The molecule has 0 aliphatic heterocycles. The summed E-state index contributed by atoms with van der Waals surface area (Å²) in [5.41, 5.74) is 0.460. The molecule has 0 saturated carbocycles. The number of aliphatic hydroxyl groups is 3. The van der Waals surface area contributed by atoms with E-state index in [4.69, 9.17) is 25.5 Å². The average Bonchev–Trinajstić information content (AvgIpc) is 2.41. The molecule has 0 rings (SSSR count). The molecule has 1 unspecified atom stereocenters. The topological polar surface area (TPSA) is 135 Å². The minimum absolute atomic E-state index is 0.00458. The maximum atomic E-state index is 10.2. The first-order valence-electron chi connectivity index (χ1n) is 5.96. The van der Waals surface area contributed by atoms with Gasteiger partial charge in [-0.2, -0.15) is 0 Å². The van der Waals surface area contributed by atoms with Crippen LogP contribution in [0.2, 0.25) is 0 Å². The van der Waals surface area contributed by atoms with Gasteiger partial charge in [0, 0.05) is 17.8 Å². The van der Waals surface area contributed by atoms with Crippen molar-refractivity contribution in [1.82, 2.24) is 0 Å². The summed E-state index contributed by atoms with van der Waals surface area (Å²) in [5, 5.41) is 42.0. The molecule has 5 N–H and O–H groups in total. The molecule has 1 atom stereocenters. The van der Waals surface area contributed by atoms with E-state index in [1.807, 2.05) is 0 Å². The molecule has 0 spiro atoms. The molecule has 0 amide bonds. The van der Waals surface area contributed by atoms with Gasteiger partial charge < -0.3 is 25.5 Å². The summed E-state index contributed by atoms with van der Waals surface area (Å²) in [4.78, 5) is 20.2. The molecule has 0 aliphatic carbocycles. The van der Waals surface area contributed by atoms with Crippen molar-refractivity contribution in [2.24, 2.45) is 0 Å². The van der Waals surface area contributed by atoms with Crippen LogP contribution in [0.15, 0.2) is 23.3 Å². The SMILES string of the molecule is CC(=CCC(O)CO)C(=O)O.CC(=CCCO)C(=O)O. The van der Waals surface area contributed by atoms with Crippen LogP contribution in [0.4, 0.5) is 0 Å². The second-order valence-corrected chi connectivity index (χ2v) is 3.97. The van der Waals surface area contributed by atoms with E-state index in [2.05, 4.69) is 0 Å². The highest BCUT2D eigenvalue weighted by Gasteiger charge is 2.02. The lowest BCUT2D eigenvalue weighted by molar-refractivity contribution is -0.133. The number of hydrogen-bond donors (Lipinski definition) is 5. The van der Waals surface area contributed by atoms with E-state index < -0.39 is 18.0 Å². The second kappa shape index (κ2) is 12.3. The van der Waals surface area contributed by atoms with E-state index >= 15 is 0 Å². The minimum atomic E-state index is -1.00. The van der Waals surface area contributed by atoms with Crippen molar-refractivity contribution in [2.75, 3.05) is 13.2 Å². The Balaban J connectivity index is 0. The summed E-state index contributed by atoms with van der Waals surface area (Å²) in [5.74, 6) is -1.93. The Hall–Kier alpha value is -1.70. The zero-order chi connectivity index (χ0) is 16.1. The standard InChI is InChI=1S/C7H12O4.C6H10O3/c1-5(7(10)11)2-3-6(9)4-8;1-5(6(8)9)3-2-4-7/h2,6,8-9H,3-4H2,1H3,(H,10,11);3,7H,2,4H2,1H3,(H,8,9). The highest BCUT2D eigenvalue weighted by molar-refractivity contribution is 5.86. The monoisotopic (exact) mass is 290 g/mol. The van der Waals surface area contributed by atoms with E-state index in [1.54, 1.807) is 0 Å². The normalized spacial score (nSPS) is 13.2. The van der Waals surface area contributed by atoms with Gasteiger partial charge in [0.25, 0.3) is 0 Å². The van der Waals surface area contributed by atoms with Crippen LogP contribution < -0.4 is 0 Å². The third kappa shape index (κ3) is 12.7. The van der Waals surface area contributed by atoms with Gasteiger partial charge in [-0.3, -0.25) is 0 Å². The number of hydrogen-bond acceptors (Lipinski definition) is 5. The van der Waals surface area contributed by atoms with Crippen molar-refractivity contribution in [3.05, 3.63) is 23.3 Å². The summed E-state index contributed by atoms with van der Waals surface area (Å²) < 4.78 is 0. The van der Waals surface area contributed by atoms with Crippen LogP contribution in [-0.2, 0) is 9.59 Å². The van der Waals surface area contributed by atoms with E-state index in [0.29, 0.717) is 6.42 Å². The van der Waals surface area contributed by atoms with Crippen molar-refractivity contribution in [3.8, 4) is 0 Å². The molecule has 0 aromatic carbocycles. The van der Waals surface area contributed by atoms with Gasteiger partial charge in [0.15, 0.2) is 0 Å². The minimum Gasteiger partial charge on any atom is -0.478 e. The molecule has 0 bridgehead atoms. The van der Waals surface area contributed by atoms with Crippen LogP contribution in [0.1, 0.15) is 26.7 Å². The quantitative estimate of drug-likeness (QED) is 0.421. The molecule has 0 aromatic heterocycles. The molecule has 0 heterocycles. The molecule has 0 aliphatic rings. The first-order valence-corrected chi connectivity index (χ1v) is 5.96. The fourth-order valence-corrected chi connectivity index (χ4v) is 0.843. The Kier molecular flexibility index (Phi) is 12.7. The van der Waals surface area contributed by atoms with Gasteiger partial charge >= 0.3 is 11.9 Å². The highest BCUT2D eigenvalue weighted by Crippen LogP contribution is 1.98. The summed E-state index contributed by atoms with van der Waals surface area (Å²) in [6.07, 6.45) is 2.60. The van der Waals surface area contributed by atoms with Gasteiger partial charge in [-0.15, -0.1) is 0 Å². The van der Waals surface area contributed by atoms with Gasteiger partial charge in [-0.25, -0.2) is 9.59 Å². The van der Waals surface area contributed by atoms with Crippen molar-refractivity contribution in [3.63, 3.8) is 0 Å². The molecule has 7 heteroatoms. The number of rotatable bonds is 7. The maximum absolute atomic E-state index is 10.2. The molecule has 0 aromatic rings. The fourth-order valence-electron chi connectivity index (χ4n) is 0.843. The number of carbonyl (C=O) groups is 2. The van der Waals surface area contributed by atoms with E-state index in [-0.39, 0.29) is 30.8 Å². The molecule has 0 fully saturated rings. The van der Waals surface area contributed by atoms with Crippen LogP contribution in [-0.4, -0.2) is 56.8 Å². The lowest BCUT2D eigenvalue weighted by Crippen LogP contribution is -2.10. The Bertz CT molecular complexity index is 358. The van der Waals surface area contributed by atoms with Crippen LogP contribution in [0.3, 0.4) is 0 Å². The lowest BCUT2D eigenvalue weighted by atomic mass is 10.2. The van der Waals surface area contributed by atoms with Crippen LogP contribution >= 0.6 is 0 Å². The predicted molar refractivity (Wildman–Crippen MR) is 72.2 cm³/mol. The summed E-state index contributed by atoms with van der Waals surface area (Å²) >= 11 is 0. The first kappa shape index (κ1) is 20.6. The summed E-state index contributed by atoms with van der Waals surface area (Å²) in [6.45, 7) is 2.60. The predicted octanol–water partition coefficient (Wildman–Crippen LogP) is 0.160. The van der Waals surface area contributed by atoms with Crippen molar-refractivity contribution in [1.29, 1.82) is 0 Å². The van der Waals surface area contributed by atoms with E-state index in [9.17, 15) is 9.59 Å². The van der Waals surface area contributed by atoms with E-state index in [0.717, 1.165) is 0 Å². The van der Waals surface area contributed by atoms with Crippen LogP contribution in [0.5, 0.6) is 0 Å². The van der Waals surface area contributed by atoms with Crippen LogP contribution in [0.25, 0.3) is 0 Å². The Labute approximate surface area is 117 Å². The lowest BCUT2D eigenvalue weighted by Gasteiger charge is -2.01. The van der Waals surface area contributed by atoms with Crippen molar-refractivity contribution in [2.45, 2.75) is 32.8 Å². The van der Waals surface area contributed by atoms with Gasteiger partial charge in [-0.1, -0.05) is 12.2 Å². The van der Waals surface area contributed by atoms with Crippen LogP contribution in [0, 0.1) is 0 Å². The highest BCUT2D eigenvalue weighted by atomic mass is 16.4. The Morgan fingerprint density at radius 3 is 1.80 bits per heavy atom. The molecular weight excluding hydrogens is 268 g/mol. The number of aliphatic carboxylic acids is 2. The third-order valence-electron chi connectivity index (χ3n) is 2.16. The third-order valence-corrected chi connectivity index (χ3v) is 2.16.